The first-order chi connectivity index (χ1) is 14.2. The van der Waals surface area contributed by atoms with Gasteiger partial charge in [0.05, 0.1) is 34.5 Å². The molecule has 1 N–H and O–H groups in total. The Bertz CT molecular complexity index is 786. The molecular weight excluding hydrogens is 414 g/mol. The molecule has 0 bridgehead atoms. The van der Waals surface area contributed by atoms with Crippen LogP contribution in [0, 0.1) is 0 Å². The summed E-state index contributed by atoms with van der Waals surface area (Å²) in [6.45, 7) is 18.5. The van der Waals surface area contributed by atoms with Crippen LogP contribution in [-0.2, 0) is 26.7 Å². The van der Waals surface area contributed by atoms with E-state index in [1.54, 1.807) is 0 Å². The zero-order chi connectivity index (χ0) is 23.3. The summed E-state index contributed by atoms with van der Waals surface area (Å²) >= 11 is 0. The Morgan fingerprint density at radius 1 is 1.10 bits per heavy atom. The van der Waals surface area contributed by atoms with Crippen molar-refractivity contribution in [2.75, 3.05) is 37.7 Å². The minimum Gasteiger partial charge on any atom is -0.375 e. The SMILES string of the molecule is CCC(C)(CCNC(C)(C)C)OCCC(C)(C)n1cc(CN2CCS(=O)(=O)CC2)nn1. The lowest BCUT2D eigenvalue weighted by atomic mass is 9.97. The standard InChI is InChI=1S/C22H43N5O3S/c1-8-22(7,9-11-23-20(2,3)4)30-14-10-21(5,6)27-18-19(24-25-27)17-26-12-15-31(28,29)16-13-26/h18,23H,8-17H2,1-7H3. The van der Waals surface area contributed by atoms with E-state index in [0.29, 0.717) is 26.2 Å². The number of nitrogens with one attached hydrogen (secondary N) is 1. The molecule has 1 aromatic heterocycles. The number of sulfone groups is 1. The molecule has 1 fully saturated rings. The minimum atomic E-state index is -2.86. The van der Waals surface area contributed by atoms with Crippen LogP contribution in [0.3, 0.4) is 0 Å². The predicted molar refractivity (Wildman–Crippen MR) is 125 cm³/mol. The van der Waals surface area contributed by atoms with E-state index in [1.165, 1.54) is 0 Å². The van der Waals surface area contributed by atoms with E-state index in [1.807, 2.05) is 10.9 Å². The highest BCUT2D eigenvalue weighted by Crippen LogP contribution is 2.24. The summed E-state index contributed by atoms with van der Waals surface area (Å²) in [6, 6.07) is 0. The second-order valence-electron chi connectivity index (χ2n) is 10.7. The third-order valence-corrected chi connectivity index (χ3v) is 7.81. The average Bonchev–Trinajstić information content (AvgIpc) is 3.12. The van der Waals surface area contributed by atoms with Crippen LogP contribution >= 0.6 is 0 Å². The normalized spacial score (nSPS) is 20.0. The summed E-state index contributed by atoms with van der Waals surface area (Å²) in [5, 5.41) is 12.2. The van der Waals surface area contributed by atoms with Gasteiger partial charge in [-0.1, -0.05) is 12.1 Å². The molecule has 1 aliphatic heterocycles. The largest absolute Gasteiger partial charge is 0.375 e. The van der Waals surface area contributed by atoms with Gasteiger partial charge >= 0.3 is 0 Å². The molecule has 0 saturated carbocycles. The Kier molecular flexibility index (Phi) is 8.69. The first kappa shape index (κ1) is 26.2. The van der Waals surface area contributed by atoms with E-state index in [9.17, 15) is 8.42 Å². The fraction of sp³-hybridized carbons (Fsp3) is 0.909. The summed E-state index contributed by atoms with van der Waals surface area (Å²) in [5.74, 6) is 0.455. The zero-order valence-corrected chi connectivity index (χ0v) is 21.4. The smallest absolute Gasteiger partial charge is 0.152 e. The van der Waals surface area contributed by atoms with Gasteiger partial charge in [-0.25, -0.2) is 13.1 Å². The molecule has 1 atom stereocenters. The molecule has 2 heterocycles. The molecule has 0 amide bonds. The maximum absolute atomic E-state index is 11.6. The van der Waals surface area contributed by atoms with Gasteiger partial charge in [0.25, 0.3) is 0 Å². The van der Waals surface area contributed by atoms with Crippen LogP contribution in [0.15, 0.2) is 6.20 Å². The lowest BCUT2D eigenvalue weighted by Gasteiger charge is -2.33. The van der Waals surface area contributed by atoms with Crippen molar-refractivity contribution < 1.29 is 13.2 Å². The van der Waals surface area contributed by atoms with Crippen molar-refractivity contribution in [1.29, 1.82) is 0 Å². The molecule has 0 aromatic carbocycles. The Morgan fingerprint density at radius 2 is 1.74 bits per heavy atom. The molecule has 8 nitrogen and oxygen atoms in total. The number of ether oxygens (including phenoxy) is 1. The summed E-state index contributed by atoms with van der Waals surface area (Å²) in [6.07, 6.45) is 4.76. The number of rotatable bonds is 11. The third kappa shape index (κ3) is 8.79. The molecule has 0 aliphatic carbocycles. The van der Waals surface area contributed by atoms with Crippen LogP contribution in [0.5, 0.6) is 0 Å². The lowest BCUT2D eigenvalue weighted by Crippen LogP contribution is -2.41. The number of nitrogens with zero attached hydrogens (tertiary/aromatic N) is 4. The fourth-order valence-electron chi connectivity index (χ4n) is 3.52. The van der Waals surface area contributed by atoms with E-state index in [4.69, 9.17) is 4.74 Å². The van der Waals surface area contributed by atoms with E-state index in [-0.39, 0.29) is 28.2 Å². The van der Waals surface area contributed by atoms with Gasteiger partial charge in [-0.15, -0.1) is 5.10 Å². The molecule has 2 rings (SSSR count). The molecule has 1 unspecified atom stereocenters. The zero-order valence-electron chi connectivity index (χ0n) is 20.6. The first-order valence-corrected chi connectivity index (χ1v) is 13.3. The molecule has 0 spiro atoms. The molecule has 1 aliphatic rings. The quantitative estimate of drug-likeness (QED) is 0.546. The van der Waals surface area contributed by atoms with Crippen molar-refractivity contribution in [1.82, 2.24) is 25.2 Å². The Balaban J connectivity index is 1.84. The predicted octanol–water partition coefficient (Wildman–Crippen LogP) is 2.60. The second-order valence-corrected chi connectivity index (χ2v) is 13.0. The van der Waals surface area contributed by atoms with Crippen molar-refractivity contribution in [3.05, 3.63) is 11.9 Å². The van der Waals surface area contributed by atoms with Gasteiger partial charge < -0.3 is 10.1 Å². The number of aromatic nitrogens is 3. The van der Waals surface area contributed by atoms with Crippen LogP contribution in [0.1, 0.15) is 73.4 Å². The Morgan fingerprint density at radius 3 is 2.32 bits per heavy atom. The van der Waals surface area contributed by atoms with Crippen molar-refractivity contribution in [3.63, 3.8) is 0 Å². The van der Waals surface area contributed by atoms with Crippen molar-refractivity contribution >= 4 is 9.84 Å². The summed E-state index contributed by atoms with van der Waals surface area (Å²) < 4.78 is 31.5. The molecule has 31 heavy (non-hydrogen) atoms. The summed E-state index contributed by atoms with van der Waals surface area (Å²) in [5.41, 5.74) is 0.634. The minimum absolute atomic E-state index is 0.115. The molecule has 1 aromatic rings. The van der Waals surface area contributed by atoms with E-state index >= 15 is 0 Å². The second kappa shape index (κ2) is 10.3. The molecular formula is C22H43N5O3S. The van der Waals surface area contributed by atoms with E-state index in [0.717, 1.165) is 31.5 Å². The van der Waals surface area contributed by atoms with Gasteiger partial charge in [0.15, 0.2) is 9.84 Å². The third-order valence-electron chi connectivity index (χ3n) is 6.21. The van der Waals surface area contributed by atoms with Gasteiger partial charge in [0.1, 0.15) is 0 Å². The summed E-state index contributed by atoms with van der Waals surface area (Å²) in [7, 11) is -2.86. The highest BCUT2D eigenvalue weighted by molar-refractivity contribution is 7.91. The monoisotopic (exact) mass is 457 g/mol. The van der Waals surface area contributed by atoms with Crippen LogP contribution < -0.4 is 5.32 Å². The first-order valence-electron chi connectivity index (χ1n) is 11.5. The van der Waals surface area contributed by atoms with Crippen LogP contribution in [0.2, 0.25) is 0 Å². The molecule has 9 heteroatoms. The highest BCUT2D eigenvalue weighted by Gasteiger charge is 2.28. The van der Waals surface area contributed by atoms with Crippen LogP contribution in [0.4, 0.5) is 0 Å². The number of hydrogen-bond acceptors (Lipinski definition) is 7. The van der Waals surface area contributed by atoms with E-state index < -0.39 is 9.84 Å². The van der Waals surface area contributed by atoms with Gasteiger partial charge in [-0.05, 0) is 67.3 Å². The van der Waals surface area contributed by atoms with Crippen molar-refractivity contribution in [2.45, 2.75) is 91.0 Å². The molecule has 180 valence electrons. The fourth-order valence-corrected chi connectivity index (χ4v) is 4.80. The Hall–Kier alpha value is -1.03. The van der Waals surface area contributed by atoms with Gasteiger partial charge in [0.2, 0.25) is 0 Å². The summed E-state index contributed by atoms with van der Waals surface area (Å²) in [4.78, 5) is 2.13. The molecule has 0 radical (unpaired) electrons. The maximum Gasteiger partial charge on any atom is 0.152 e. The van der Waals surface area contributed by atoms with Crippen molar-refractivity contribution in [2.24, 2.45) is 0 Å². The molecule has 1 saturated heterocycles. The highest BCUT2D eigenvalue weighted by atomic mass is 32.2. The lowest BCUT2D eigenvalue weighted by molar-refractivity contribution is -0.0499. The van der Waals surface area contributed by atoms with Crippen molar-refractivity contribution in [3.8, 4) is 0 Å². The van der Waals surface area contributed by atoms with Crippen LogP contribution in [-0.4, -0.2) is 77.2 Å². The van der Waals surface area contributed by atoms with Gasteiger partial charge in [-0.3, -0.25) is 4.90 Å². The Labute approximate surface area is 189 Å². The van der Waals surface area contributed by atoms with Gasteiger partial charge in [0, 0.05) is 31.8 Å². The maximum atomic E-state index is 11.6. The van der Waals surface area contributed by atoms with Gasteiger partial charge in [-0.2, -0.15) is 0 Å². The number of hydrogen-bond donors (Lipinski definition) is 1. The topological polar surface area (TPSA) is 89.4 Å². The van der Waals surface area contributed by atoms with Crippen LogP contribution in [0.25, 0.3) is 0 Å². The average molecular weight is 458 g/mol. The van der Waals surface area contributed by atoms with E-state index in [2.05, 4.69) is 69.0 Å².